The fourth-order valence-electron chi connectivity index (χ4n) is 3.98. The Morgan fingerprint density at radius 1 is 0.500 bits per heavy atom. The third-order valence-corrected chi connectivity index (χ3v) is 5.82. The number of halogens is 6. The van der Waals surface area contributed by atoms with Crippen LogP contribution < -0.4 is 0 Å². The molecular formula is C28H16F6N2. The molecule has 0 bridgehead atoms. The highest BCUT2D eigenvalue weighted by Gasteiger charge is 2.37. The molecule has 0 fully saturated rings. The van der Waals surface area contributed by atoms with Crippen molar-refractivity contribution in [3.63, 3.8) is 0 Å². The van der Waals surface area contributed by atoms with Gasteiger partial charge in [0, 0.05) is 29.7 Å². The molecule has 8 heteroatoms. The Morgan fingerprint density at radius 2 is 1.11 bits per heavy atom. The van der Waals surface area contributed by atoms with E-state index in [1.54, 1.807) is 30.7 Å². The summed E-state index contributed by atoms with van der Waals surface area (Å²) in [5.41, 5.74) is 0.639. The molecule has 0 aliphatic heterocycles. The molecule has 3 aromatic carbocycles. The highest BCUT2D eigenvalue weighted by Crippen LogP contribution is 2.39. The van der Waals surface area contributed by atoms with E-state index < -0.39 is 23.5 Å². The predicted octanol–water partition coefficient (Wildman–Crippen LogP) is 8.67. The van der Waals surface area contributed by atoms with Crippen LogP contribution in [0.15, 0.2) is 97.5 Å². The Bertz CT molecular complexity index is 1510. The fraction of sp³-hybridized carbons (Fsp3) is 0.0714. The maximum atomic E-state index is 13.3. The molecule has 2 heterocycles. The number of benzene rings is 3. The van der Waals surface area contributed by atoms with Gasteiger partial charge in [-0.15, -0.1) is 0 Å². The van der Waals surface area contributed by atoms with E-state index in [9.17, 15) is 26.3 Å². The van der Waals surface area contributed by atoms with Gasteiger partial charge in [0.1, 0.15) is 0 Å². The summed E-state index contributed by atoms with van der Waals surface area (Å²) in [6.45, 7) is 0. The average molecular weight is 494 g/mol. The van der Waals surface area contributed by atoms with Crippen LogP contribution in [0.5, 0.6) is 0 Å². The molecule has 36 heavy (non-hydrogen) atoms. The molecule has 0 spiro atoms. The molecule has 0 saturated heterocycles. The van der Waals surface area contributed by atoms with Crippen LogP contribution in [0.1, 0.15) is 11.1 Å². The van der Waals surface area contributed by atoms with Crippen LogP contribution in [0.25, 0.3) is 44.3 Å². The van der Waals surface area contributed by atoms with Crippen molar-refractivity contribution in [1.82, 2.24) is 9.97 Å². The quantitative estimate of drug-likeness (QED) is 0.235. The highest BCUT2D eigenvalue weighted by molar-refractivity contribution is 5.91. The summed E-state index contributed by atoms with van der Waals surface area (Å²) in [6, 6.07) is 19.4. The number of aromatic nitrogens is 2. The lowest BCUT2D eigenvalue weighted by Crippen LogP contribution is -2.11. The minimum absolute atomic E-state index is 0.130. The lowest BCUT2D eigenvalue weighted by Gasteiger charge is -2.15. The van der Waals surface area contributed by atoms with E-state index in [1.165, 1.54) is 6.07 Å². The largest absolute Gasteiger partial charge is 0.416 e. The van der Waals surface area contributed by atoms with E-state index in [1.807, 2.05) is 42.5 Å². The van der Waals surface area contributed by atoms with E-state index in [4.69, 9.17) is 0 Å². The van der Waals surface area contributed by atoms with Gasteiger partial charge in [-0.2, -0.15) is 26.3 Å². The summed E-state index contributed by atoms with van der Waals surface area (Å²) in [5.74, 6) is 0. The lowest BCUT2D eigenvalue weighted by atomic mass is 9.95. The van der Waals surface area contributed by atoms with Crippen molar-refractivity contribution in [2.75, 3.05) is 0 Å². The SMILES string of the molecule is FC(F)(F)c1cc(-c2ccc3ccc(-c4ccc(-c5cccnc5)nc4)cc3c2)cc(C(F)(F)F)c1. The second-order valence-corrected chi connectivity index (χ2v) is 8.25. The van der Waals surface area contributed by atoms with Crippen LogP contribution in [-0.4, -0.2) is 9.97 Å². The van der Waals surface area contributed by atoms with Crippen LogP contribution in [0.2, 0.25) is 0 Å². The maximum Gasteiger partial charge on any atom is 0.416 e. The van der Waals surface area contributed by atoms with Crippen molar-refractivity contribution in [3.8, 4) is 33.5 Å². The van der Waals surface area contributed by atoms with Crippen molar-refractivity contribution >= 4 is 10.8 Å². The highest BCUT2D eigenvalue weighted by atomic mass is 19.4. The number of hydrogen-bond acceptors (Lipinski definition) is 2. The van der Waals surface area contributed by atoms with Gasteiger partial charge in [0.15, 0.2) is 0 Å². The van der Waals surface area contributed by atoms with Crippen molar-refractivity contribution in [1.29, 1.82) is 0 Å². The Kier molecular flexibility index (Phi) is 5.74. The Balaban J connectivity index is 1.55. The third kappa shape index (κ3) is 4.79. The van der Waals surface area contributed by atoms with Gasteiger partial charge in [-0.05, 0) is 76.0 Å². The Hall–Kier alpha value is -4.20. The van der Waals surface area contributed by atoms with Crippen molar-refractivity contribution in [3.05, 3.63) is 109 Å². The summed E-state index contributed by atoms with van der Waals surface area (Å²) in [7, 11) is 0. The molecule has 0 atom stereocenters. The molecule has 0 aliphatic rings. The summed E-state index contributed by atoms with van der Waals surface area (Å²) >= 11 is 0. The second-order valence-electron chi connectivity index (χ2n) is 8.25. The topological polar surface area (TPSA) is 25.8 Å². The maximum absolute atomic E-state index is 13.3. The van der Waals surface area contributed by atoms with E-state index in [0.29, 0.717) is 5.39 Å². The van der Waals surface area contributed by atoms with E-state index in [2.05, 4.69) is 9.97 Å². The van der Waals surface area contributed by atoms with Crippen molar-refractivity contribution in [2.24, 2.45) is 0 Å². The molecule has 5 rings (SSSR count). The molecule has 2 aromatic heterocycles. The number of alkyl halides is 6. The molecule has 0 radical (unpaired) electrons. The van der Waals surface area contributed by atoms with E-state index >= 15 is 0 Å². The van der Waals surface area contributed by atoms with Gasteiger partial charge in [-0.1, -0.05) is 30.3 Å². The predicted molar refractivity (Wildman–Crippen MR) is 126 cm³/mol. The minimum Gasteiger partial charge on any atom is -0.264 e. The summed E-state index contributed by atoms with van der Waals surface area (Å²) in [6.07, 6.45) is -4.73. The summed E-state index contributed by atoms with van der Waals surface area (Å²) in [4.78, 5) is 8.56. The zero-order valence-corrected chi connectivity index (χ0v) is 18.4. The first-order valence-electron chi connectivity index (χ1n) is 10.8. The normalized spacial score (nSPS) is 12.2. The fourth-order valence-corrected chi connectivity index (χ4v) is 3.98. The molecular weight excluding hydrogens is 478 g/mol. The van der Waals surface area contributed by atoms with Crippen molar-refractivity contribution < 1.29 is 26.3 Å². The Morgan fingerprint density at radius 3 is 1.64 bits per heavy atom. The Labute approximate surface area is 201 Å². The van der Waals surface area contributed by atoms with Gasteiger partial charge in [0.05, 0.1) is 16.8 Å². The first-order chi connectivity index (χ1) is 17.1. The standard InChI is InChI=1S/C28H16F6N2/c29-27(30,31)24-12-23(13-25(14-24)28(32,33)34)19-6-4-17-3-5-18(10-22(17)11-19)20-7-8-26(36-16-20)21-2-1-9-35-15-21/h1-16H. The minimum atomic E-state index is -4.91. The molecule has 2 nitrogen and oxygen atoms in total. The summed E-state index contributed by atoms with van der Waals surface area (Å²) < 4.78 is 79.8. The molecule has 180 valence electrons. The monoisotopic (exact) mass is 494 g/mol. The van der Waals surface area contributed by atoms with Gasteiger partial charge in [-0.25, -0.2) is 0 Å². The van der Waals surface area contributed by atoms with Crippen LogP contribution >= 0.6 is 0 Å². The second kappa shape index (κ2) is 8.78. The van der Waals surface area contributed by atoms with Crippen LogP contribution in [0.3, 0.4) is 0 Å². The third-order valence-electron chi connectivity index (χ3n) is 5.82. The first-order valence-corrected chi connectivity index (χ1v) is 10.8. The number of nitrogens with zero attached hydrogens (tertiary/aromatic N) is 2. The molecule has 0 amide bonds. The van der Waals surface area contributed by atoms with Crippen LogP contribution in [0, 0.1) is 0 Å². The van der Waals surface area contributed by atoms with E-state index in [-0.39, 0.29) is 17.2 Å². The van der Waals surface area contributed by atoms with Gasteiger partial charge < -0.3 is 0 Å². The number of hydrogen-bond donors (Lipinski definition) is 0. The first kappa shape index (κ1) is 23.5. The lowest BCUT2D eigenvalue weighted by molar-refractivity contribution is -0.143. The number of fused-ring (bicyclic) bond motifs is 1. The smallest absolute Gasteiger partial charge is 0.264 e. The molecule has 0 N–H and O–H groups in total. The van der Waals surface area contributed by atoms with Gasteiger partial charge in [0.2, 0.25) is 0 Å². The number of pyridine rings is 2. The average Bonchev–Trinajstić information content (AvgIpc) is 2.87. The zero-order chi connectivity index (χ0) is 25.5. The van der Waals surface area contributed by atoms with Gasteiger partial charge in [0.25, 0.3) is 0 Å². The molecule has 0 saturated carbocycles. The molecule has 5 aromatic rings. The van der Waals surface area contributed by atoms with Crippen LogP contribution in [0.4, 0.5) is 26.3 Å². The summed E-state index contributed by atoms with van der Waals surface area (Å²) in [5, 5.41) is 1.47. The van der Waals surface area contributed by atoms with Crippen LogP contribution in [-0.2, 0) is 12.4 Å². The van der Waals surface area contributed by atoms with Gasteiger partial charge >= 0.3 is 12.4 Å². The number of rotatable bonds is 3. The van der Waals surface area contributed by atoms with Gasteiger partial charge in [-0.3, -0.25) is 9.97 Å². The molecule has 0 unspecified atom stereocenters. The van der Waals surface area contributed by atoms with Crippen molar-refractivity contribution in [2.45, 2.75) is 12.4 Å². The van der Waals surface area contributed by atoms with E-state index in [0.717, 1.165) is 39.9 Å². The zero-order valence-electron chi connectivity index (χ0n) is 18.4. The molecule has 0 aliphatic carbocycles.